The van der Waals surface area contributed by atoms with Crippen LogP contribution < -0.4 is 5.32 Å². The number of nitrogens with one attached hydrogen (secondary N) is 1. The summed E-state index contributed by atoms with van der Waals surface area (Å²) in [6, 6.07) is 7.56. The first-order chi connectivity index (χ1) is 9.26. The molecule has 1 rings (SSSR count). The topological polar surface area (TPSA) is 58.6 Å². The zero-order valence-corrected chi connectivity index (χ0v) is 11.1. The maximum Gasteiger partial charge on any atom is 0.222 e. The Hall–Kier alpha value is -1.83. The number of amides is 1. The molecule has 0 unspecified atom stereocenters. The monoisotopic (exact) mass is 261 g/mol. The molecule has 0 spiro atoms. The lowest BCUT2D eigenvalue weighted by Gasteiger charge is -2.06. The first kappa shape index (κ1) is 15.2. The van der Waals surface area contributed by atoms with Gasteiger partial charge in [0.05, 0.1) is 6.61 Å². The standard InChI is InChI=1S/C15H19NO3/c1-2-19-10-8-15(18)16-12-14-6-3-5-13(11-14)7-4-9-17/h3,5-6,11,17H,2,8-10,12H2,1H3,(H,16,18). The molecule has 19 heavy (non-hydrogen) atoms. The lowest BCUT2D eigenvalue weighted by molar-refractivity contribution is -0.122. The van der Waals surface area contributed by atoms with E-state index < -0.39 is 0 Å². The number of ether oxygens (including phenoxy) is 1. The van der Waals surface area contributed by atoms with E-state index in [0.29, 0.717) is 26.2 Å². The molecule has 0 heterocycles. The van der Waals surface area contributed by atoms with Crippen molar-refractivity contribution in [2.24, 2.45) is 0 Å². The van der Waals surface area contributed by atoms with E-state index in [4.69, 9.17) is 9.84 Å². The average molecular weight is 261 g/mol. The number of carbonyl (C=O) groups is 1. The fraction of sp³-hybridized carbons (Fsp3) is 0.400. The van der Waals surface area contributed by atoms with Gasteiger partial charge >= 0.3 is 0 Å². The summed E-state index contributed by atoms with van der Waals surface area (Å²) in [6.07, 6.45) is 0.373. The van der Waals surface area contributed by atoms with Crippen molar-refractivity contribution in [3.05, 3.63) is 35.4 Å². The Kier molecular flexibility index (Phi) is 7.33. The van der Waals surface area contributed by atoms with Crippen molar-refractivity contribution in [2.75, 3.05) is 19.8 Å². The van der Waals surface area contributed by atoms with Crippen LogP contribution in [-0.4, -0.2) is 30.8 Å². The Labute approximate surface area is 113 Å². The van der Waals surface area contributed by atoms with Crippen LogP contribution in [0.4, 0.5) is 0 Å². The van der Waals surface area contributed by atoms with Gasteiger partial charge in [0.2, 0.25) is 5.91 Å². The molecule has 1 amide bonds. The van der Waals surface area contributed by atoms with Crippen LogP contribution in [0.25, 0.3) is 0 Å². The molecule has 0 radical (unpaired) electrons. The second kappa shape index (κ2) is 9.15. The summed E-state index contributed by atoms with van der Waals surface area (Å²) in [7, 11) is 0. The molecule has 4 nitrogen and oxygen atoms in total. The second-order valence-electron chi connectivity index (χ2n) is 3.88. The molecule has 0 bridgehead atoms. The highest BCUT2D eigenvalue weighted by Crippen LogP contribution is 2.03. The zero-order chi connectivity index (χ0) is 13.9. The molecular weight excluding hydrogens is 242 g/mol. The first-order valence-corrected chi connectivity index (χ1v) is 6.29. The average Bonchev–Trinajstić information content (AvgIpc) is 2.44. The van der Waals surface area contributed by atoms with Crippen molar-refractivity contribution in [1.82, 2.24) is 5.32 Å². The number of hydrogen-bond acceptors (Lipinski definition) is 3. The molecular formula is C15H19NO3. The summed E-state index contributed by atoms with van der Waals surface area (Å²) >= 11 is 0. The zero-order valence-electron chi connectivity index (χ0n) is 11.1. The lowest BCUT2D eigenvalue weighted by Crippen LogP contribution is -2.23. The molecule has 4 heteroatoms. The van der Waals surface area contributed by atoms with Gasteiger partial charge in [-0.1, -0.05) is 24.0 Å². The maximum atomic E-state index is 11.5. The van der Waals surface area contributed by atoms with Crippen LogP contribution in [0.3, 0.4) is 0 Å². The van der Waals surface area contributed by atoms with Gasteiger partial charge in [-0.25, -0.2) is 0 Å². The fourth-order valence-corrected chi connectivity index (χ4v) is 1.50. The molecule has 0 saturated heterocycles. The number of aliphatic hydroxyl groups is 1. The first-order valence-electron chi connectivity index (χ1n) is 6.29. The van der Waals surface area contributed by atoms with Crippen LogP contribution in [0.15, 0.2) is 24.3 Å². The van der Waals surface area contributed by atoms with Crippen molar-refractivity contribution in [3.8, 4) is 11.8 Å². The van der Waals surface area contributed by atoms with E-state index in [-0.39, 0.29) is 12.5 Å². The SMILES string of the molecule is CCOCCC(=O)NCc1cccc(C#CCO)c1. The molecule has 0 aromatic heterocycles. The van der Waals surface area contributed by atoms with E-state index in [2.05, 4.69) is 17.2 Å². The third-order valence-electron chi connectivity index (χ3n) is 2.41. The Morgan fingerprint density at radius 3 is 3.05 bits per heavy atom. The van der Waals surface area contributed by atoms with Crippen LogP contribution in [-0.2, 0) is 16.1 Å². The largest absolute Gasteiger partial charge is 0.384 e. The minimum absolute atomic E-state index is 0.0275. The highest BCUT2D eigenvalue weighted by Gasteiger charge is 2.01. The van der Waals surface area contributed by atoms with Gasteiger partial charge in [0.25, 0.3) is 0 Å². The van der Waals surface area contributed by atoms with Gasteiger partial charge in [-0.3, -0.25) is 4.79 Å². The summed E-state index contributed by atoms with van der Waals surface area (Å²) in [4.78, 5) is 11.5. The summed E-state index contributed by atoms with van der Waals surface area (Å²) < 4.78 is 5.12. The van der Waals surface area contributed by atoms with Gasteiger partial charge in [0.15, 0.2) is 0 Å². The number of carbonyl (C=O) groups excluding carboxylic acids is 1. The molecule has 0 aliphatic heterocycles. The summed E-state index contributed by atoms with van der Waals surface area (Å²) in [5, 5.41) is 11.5. The van der Waals surface area contributed by atoms with Gasteiger partial charge in [0.1, 0.15) is 6.61 Å². The van der Waals surface area contributed by atoms with Crippen molar-refractivity contribution in [1.29, 1.82) is 0 Å². The van der Waals surface area contributed by atoms with Gasteiger partial charge in [-0.2, -0.15) is 0 Å². The number of rotatable bonds is 6. The highest BCUT2D eigenvalue weighted by atomic mass is 16.5. The number of benzene rings is 1. The van der Waals surface area contributed by atoms with Crippen LogP contribution in [0.5, 0.6) is 0 Å². The van der Waals surface area contributed by atoms with Gasteiger partial charge < -0.3 is 15.2 Å². The quantitative estimate of drug-likeness (QED) is 0.595. The molecule has 0 aliphatic carbocycles. The minimum Gasteiger partial charge on any atom is -0.384 e. The molecule has 2 N–H and O–H groups in total. The van der Waals surface area contributed by atoms with E-state index in [1.54, 1.807) is 0 Å². The molecule has 1 aromatic rings. The maximum absolute atomic E-state index is 11.5. The van der Waals surface area contributed by atoms with Crippen LogP contribution >= 0.6 is 0 Å². The lowest BCUT2D eigenvalue weighted by atomic mass is 10.1. The van der Waals surface area contributed by atoms with Gasteiger partial charge in [-0.15, -0.1) is 0 Å². The number of hydrogen-bond donors (Lipinski definition) is 2. The predicted molar refractivity (Wildman–Crippen MR) is 73.4 cm³/mol. The van der Waals surface area contributed by atoms with Crippen molar-refractivity contribution >= 4 is 5.91 Å². The van der Waals surface area contributed by atoms with Crippen molar-refractivity contribution < 1.29 is 14.6 Å². The molecule has 102 valence electrons. The highest BCUT2D eigenvalue weighted by molar-refractivity contribution is 5.75. The van der Waals surface area contributed by atoms with E-state index in [9.17, 15) is 4.79 Å². The third-order valence-corrected chi connectivity index (χ3v) is 2.41. The molecule has 0 aliphatic rings. The molecule has 0 atom stereocenters. The van der Waals surface area contributed by atoms with Crippen molar-refractivity contribution in [3.63, 3.8) is 0 Å². The Morgan fingerprint density at radius 2 is 2.32 bits per heavy atom. The number of aliphatic hydroxyl groups excluding tert-OH is 1. The smallest absolute Gasteiger partial charge is 0.222 e. The van der Waals surface area contributed by atoms with Crippen LogP contribution in [0, 0.1) is 11.8 Å². The van der Waals surface area contributed by atoms with Gasteiger partial charge in [0, 0.05) is 25.1 Å². The van der Waals surface area contributed by atoms with E-state index in [0.717, 1.165) is 11.1 Å². The van der Waals surface area contributed by atoms with Gasteiger partial charge in [-0.05, 0) is 24.6 Å². The fourth-order valence-electron chi connectivity index (χ4n) is 1.50. The molecule has 0 saturated carbocycles. The third kappa shape index (κ3) is 6.61. The minimum atomic E-state index is -0.154. The van der Waals surface area contributed by atoms with E-state index >= 15 is 0 Å². The molecule has 0 fully saturated rings. The summed E-state index contributed by atoms with van der Waals surface area (Å²) in [6.45, 7) is 3.29. The Morgan fingerprint density at radius 1 is 1.47 bits per heavy atom. The predicted octanol–water partition coefficient (Wildman–Crippen LogP) is 1.07. The summed E-state index contributed by atoms with van der Waals surface area (Å²) in [5.74, 6) is 5.40. The van der Waals surface area contributed by atoms with E-state index in [1.165, 1.54) is 0 Å². The Bertz CT molecular complexity index is 460. The second-order valence-corrected chi connectivity index (χ2v) is 3.88. The summed E-state index contributed by atoms with van der Waals surface area (Å²) in [5.41, 5.74) is 1.81. The molecule has 1 aromatic carbocycles. The van der Waals surface area contributed by atoms with Crippen LogP contribution in [0.2, 0.25) is 0 Å². The van der Waals surface area contributed by atoms with E-state index in [1.807, 2.05) is 31.2 Å². The normalized spacial score (nSPS) is 9.58. The Balaban J connectivity index is 2.42. The van der Waals surface area contributed by atoms with Crippen molar-refractivity contribution in [2.45, 2.75) is 19.9 Å². The van der Waals surface area contributed by atoms with Crippen LogP contribution in [0.1, 0.15) is 24.5 Å².